The summed E-state index contributed by atoms with van der Waals surface area (Å²) in [5.74, 6) is 0.847. The van der Waals surface area contributed by atoms with E-state index in [9.17, 15) is 0 Å². The van der Waals surface area contributed by atoms with Gasteiger partial charge in [-0.25, -0.2) is 14.6 Å². The fourth-order valence-corrected chi connectivity index (χ4v) is 3.21. The van der Waals surface area contributed by atoms with Crippen LogP contribution in [0.5, 0.6) is 0 Å². The summed E-state index contributed by atoms with van der Waals surface area (Å²) in [7, 11) is 2.84. The number of hydrogen-bond acceptors (Lipinski definition) is 5. The zero-order chi connectivity index (χ0) is 15.6. The van der Waals surface area contributed by atoms with E-state index in [0.717, 1.165) is 34.1 Å². The standard InChI is InChI=1S/C13H22BrN5OSi/c1-18(2)12-10-11(14)17-19(13(10)16-8-15-12)9-20-6-7-21(3,4)5/h8H,6-7,9H2,1-5H3. The van der Waals surface area contributed by atoms with Crippen LogP contribution in [0, 0.1) is 0 Å². The molecule has 0 radical (unpaired) electrons. The normalized spacial score (nSPS) is 12.1. The lowest BCUT2D eigenvalue weighted by molar-refractivity contribution is 0.0810. The molecule has 0 fully saturated rings. The maximum absolute atomic E-state index is 5.76. The Morgan fingerprint density at radius 3 is 2.62 bits per heavy atom. The summed E-state index contributed by atoms with van der Waals surface area (Å²) in [6.07, 6.45) is 1.56. The van der Waals surface area contributed by atoms with Gasteiger partial charge in [-0.15, -0.1) is 0 Å². The Kier molecular flexibility index (Phi) is 5.00. The molecule has 2 aromatic heterocycles. The molecule has 0 spiro atoms. The molecule has 8 heteroatoms. The van der Waals surface area contributed by atoms with Crippen LogP contribution >= 0.6 is 15.9 Å². The minimum Gasteiger partial charge on any atom is -0.362 e. The van der Waals surface area contributed by atoms with E-state index in [0.29, 0.717) is 6.73 Å². The molecule has 0 aromatic carbocycles. The third-order valence-corrected chi connectivity index (χ3v) is 5.36. The highest BCUT2D eigenvalue weighted by Gasteiger charge is 2.17. The summed E-state index contributed by atoms with van der Waals surface area (Å²) in [5.41, 5.74) is 0.786. The van der Waals surface area contributed by atoms with E-state index in [4.69, 9.17) is 4.74 Å². The third kappa shape index (κ3) is 4.01. The molecule has 2 rings (SSSR count). The van der Waals surface area contributed by atoms with Gasteiger partial charge in [0.1, 0.15) is 23.5 Å². The summed E-state index contributed by atoms with van der Waals surface area (Å²) >= 11 is 3.49. The molecule has 0 N–H and O–H groups in total. The molecular formula is C13H22BrN5OSi. The highest BCUT2D eigenvalue weighted by atomic mass is 79.9. The Balaban J connectivity index is 2.17. The Morgan fingerprint density at radius 1 is 1.29 bits per heavy atom. The quantitative estimate of drug-likeness (QED) is 0.576. The Labute approximate surface area is 134 Å². The summed E-state index contributed by atoms with van der Waals surface area (Å²) in [4.78, 5) is 10.6. The minimum absolute atomic E-state index is 0.413. The predicted molar refractivity (Wildman–Crippen MR) is 91.5 cm³/mol. The summed E-state index contributed by atoms with van der Waals surface area (Å²) < 4.78 is 8.28. The van der Waals surface area contributed by atoms with Gasteiger partial charge in [0.15, 0.2) is 5.65 Å². The largest absolute Gasteiger partial charge is 0.362 e. The van der Waals surface area contributed by atoms with E-state index in [-0.39, 0.29) is 0 Å². The Bertz CT molecular complexity index is 623. The number of fused-ring (bicyclic) bond motifs is 1. The second-order valence-electron chi connectivity index (χ2n) is 6.43. The minimum atomic E-state index is -1.06. The molecule has 0 aliphatic rings. The van der Waals surface area contributed by atoms with Crippen molar-refractivity contribution >= 4 is 40.9 Å². The van der Waals surface area contributed by atoms with Crippen molar-refractivity contribution in [3.63, 3.8) is 0 Å². The van der Waals surface area contributed by atoms with E-state index in [1.807, 2.05) is 19.0 Å². The number of ether oxygens (including phenoxy) is 1. The first-order valence-electron chi connectivity index (χ1n) is 6.91. The summed E-state index contributed by atoms with van der Waals surface area (Å²) in [5, 5.41) is 5.37. The molecule has 0 saturated heterocycles. The fourth-order valence-electron chi connectivity index (χ4n) is 1.91. The average molecular weight is 372 g/mol. The molecule has 0 bridgehead atoms. The number of hydrogen-bond donors (Lipinski definition) is 0. The fraction of sp³-hybridized carbons (Fsp3) is 0.615. The number of nitrogens with zero attached hydrogens (tertiary/aromatic N) is 5. The van der Waals surface area contributed by atoms with Crippen LogP contribution in [0.1, 0.15) is 0 Å². The van der Waals surface area contributed by atoms with E-state index in [2.05, 4.69) is 50.6 Å². The van der Waals surface area contributed by atoms with E-state index in [1.165, 1.54) is 0 Å². The summed E-state index contributed by atoms with van der Waals surface area (Å²) in [6, 6.07) is 1.14. The van der Waals surface area contributed by atoms with E-state index < -0.39 is 8.07 Å². The molecule has 0 unspecified atom stereocenters. The SMILES string of the molecule is CN(C)c1ncnc2c1c(Br)nn2COCC[Si](C)(C)C. The van der Waals surface area contributed by atoms with Crippen molar-refractivity contribution in [3.05, 3.63) is 10.9 Å². The molecule has 6 nitrogen and oxygen atoms in total. The van der Waals surface area contributed by atoms with Crippen LogP contribution in [0.15, 0.2) is 10.9 Å². The second kappa shape index (κ2) is 6.41. The number of halogens is 1. The predicted octanol–water partition coefficient (Wildman–Crippen LogP) is 2.97. The van der Waals surface area contributed by atoms with Crippen LogP contribution in [-0.4, -0.2) is 48.5 Å². The molecule has 0 amide bonds. The average Bonchev–Trinajstić information content (AvgIpc) is 2.71. The van der Waals surface area contributed by atoms with E-state index in [1.54, 1.807) is 11.0 Å². The molecule has 0 atom stereocenters. The smallest absolute Gasteiger partial charge is 0.166 e. The van der Waals surface area contributed by atoms with Crippen molar-refractivity contribution in [2.75, 3.05) is 25.6 Å². The van der Waals surface area contributed by atoms with Gasteiger partial charge in [-0.05, 0) is 22.0 Å². The van der Waals surface area contributed by atoms with Crippen molar-refractivity contribution < 1.29 is 4.74 Å². The van der Waals surface area contributed by atoms with Crippen molar-refractivity contribution in [1.82, 2.24) is 19.7 Å². The first-order chi connectivity index (χ1) is 9.79. The van der Waals surface area contributed by atoms with Crippen molar-refractivity contribution in [2.24, 2.45) is 0 Å². The van der Waals surface area contributed by atoms with Crippen molar-refractivity contribution in [1.29, 1.82) is 0 Å². The van der Waals surface area contributed by atoms with Crippen LogP contribution in [-0.2, 0) is 11.5 Å². The van der Waals surface area contributed by atoms with Crippen LogP contribution < -0.4 is 4.90 Å². The number of anilines is 1. The molecular weight excluding hydrogens is 350 g/mol. The molecule has 2 heterocycles. The Morgan fingerprint density at radius 2 is 2.00 bits per heavy atom. The molecule has 0 saturated carbocycles. The van der Waals surface area contributed by atoms with Gasteiger partial charge in [0, 0.05) is 28.8 Å². The van der Waals surface area contributed by atoms with Gasteiger partial charge in [0.2, 0.25) is 0 Å². The van der Waals surface area contributed by atoms with E-state index >= 15 is 0 Å². The maximum atomic E-state index is 5.76. The molecule has 21 heavy (non-hydrogen) atoms. The van der Waals surface area contributed by atoms with Gasteiger partial charge in [-0.2, -0.15) is 5.10 Å². The second-order valence-corrected chi connectivity index (χ2v) is 12.8. The lowest BCUT2D eigenvalue weighted by Crippen LogP contribution is -2.22. The summed E-state index contributed by atoms with van der Waals surface area (Å²) in [6.45, 7) is 8.20. The zero-order valence-corrected chi connectivity index (χ0v) is 15.8. The molecule has 0 aliphatic heterocycles. The number of aromatic nitrogens is 4. The zero-order valence-electron chi connectivity index (χ0n) is 13.2. The van der Waals surface area contributed by atoms with Gasteiger partial charge in [-0.1, -0.05) is 19.6 Å². The highest BCUT2D eigenvalue weighted by molar-refractivity contribution is 9.10. The molecule has 2 aromatic rings. The first kappa shape index (κ1) is 16.4. The lowest BCUT2D eigenvalue weighted by Gasteiger charge is -2.15. The van der Waals surface area contributed by atoms with Crippen LogP contribution in [0.25, 0.3) is 11.0 Å². The number of rotatable bonds is 6. The first-order valence-corrected chi connectivity index (χ1v) is 11.4. The van der Waals surface area contributed by atoms with Gasteiger partial charge in [0.25, 0.3) is 0 Å². The topological polar surface area (TPSA) is 56.1 Å². The molecule has 116 valence electrons. The highest BCUT2D eigenvalue weighted by Crippen LogP contribution is 2.28. The van der Waals surface area contributed by atoms with Crippen LogP contribution in [0.4, 0.5) is 5.82 Å². The maximum Gasteiger partial charge on any atom is 0.166 e. The molecule has 0 aliphatic carbocycles. The van der Waals surface area contributed by atoms with Gasteiger partial charge >= 0.3 is 0 Å². The van der Waals surface area contributed by atoms with Gasteiger partial charge in [0.05, 0.1) is 5.39 Å². The van der Waals surface area contributed by atoms with Gasteiger partial charge in [-0.3, -0.25) is 0 Å². The van der Waals surface area contributed by atoms with Crippen LogP contribution in [0.2, 0.25) is 25.7 Å². The third-order valence-electron chi connectivity index (χ3n) is 3.10. The van der Waals surface area contributed by atoms with Crippen molar-refractivity contribution in [3.8, 4) is 0 Å². The monoisotopic (exact) mass is 371 g/mol. The van der Waals surface area contributed by atoms with Gasteiger partial charge < -0.3 is 9.64 Å². The van der Waals surface area contributed by atoms with Crippen molar-refractivity contribution in [2.45, 2.75) is 32.4 Å². The Hall–Kier alpha value is -0.993. The van der Waals surface area contributed by atoms with Crippen LogP contribution in [0.3, 0.4) is 0 Å². The lowest BCUT2D eigenvalue weighted by atomic mass is 10.4.